The predicted molar refractivity (Wildman–Crippen MR) is 93.6 cm³/mol. The molecular weight excluding hydrogens is 326 g/mol. The van der Waals surface area contributed by atoms with Crippen LogP contribution in [0.4, 0.5) is 5.69 Å². The number of aryl methyl sites for hydroxylation is 1. The first kappa shape index (κ1) is 16.9. The van der Waals surface area contributed by atoms with Gasteiger partial charge in [0, 0.05) is 18.5 Å². The maximum Gasteiger partial charge on any atom is 0.275 e. The van der Waals surface area contributed by atoms with Crippen LogP contribution in [0.2, 0.25) is 0 Å². The minimum atomic E-state index is -0.267. The van der Waals surface area contributed by atoms with Crippen molar-refractivity contribution in [2.45, 2.75) is 32.4 Å². The van der Waals surface area contributed by atoms with E-state index in [-0.39, 0.29) is 12.0 Å². The molecule has 1 aromatic carbocycles. The molecule has 1 atom stereocenters. The molecule has 1 saturated heterocycles. The summed E-state index contributed by atoms with van der Waals surface area (Å²) >= 11 is 1.38. The highest BCUT2D eigenvalue weighted by Gasteiger charge is 2.18. The highest BCUT2D eigenvalue weighted by atomic mass is 32.1. The number of aromatic nitrogens is 1. The van der Waals surface area contributed by atoms with Crippen LogP contribution < -0.4 is 15.8 Å². The number of nitrogens with zero attached hydrogens (tertiary/aromatic N) is 1. The minimum absolute atomic E-state index is 0.125. The van der Waals surface area contributed by atoms with Gasteiger partial charge in [-0.15, -0.1) is 11.3 Å². The normalized spacial score (nSPS) is 17.0. The summed E-state index contributed by atoms with van der Waals surface area (Å²) in [5, 5.41) is 5.31. The van der Waals surface area contributed by atoms with Crippen molar-refractivity contribution in [3.8, 4) is 5.75 Å². The summed E-state index contributed by atoms with van der Waals surface area (Å²) in [4.78, 5) is 16.6. The number of ether oxygens (including phenoxy) is 2. The fourth-order valence-electron chi connectivity index (χ4n) is 2.51. The predicted octanol–water partition coefficient (Wildman–Crippen LogP) is 2.72. The fourth-order valence-corrected chi connectivity index (χ4v) is 3.16. The monoisotopic (exact) mass is 347 g/mol. The van der Waals surface area contributed by atoms with Gasteiger partial charge in [-0.05, 0) is 37.5 Å². The van der Waals surface area contributed by atoms with Crippen molar-refractivity contribution in [2.24, 2.45) is 5.73 Å². The van der Waals surface area contributed by atoms with Gasteiger partial charge in [-0.3, -0.25) is 4.79 Å². The standard InChI is InChI=1S/C17H21N3O3S/c1-11-4-5-13(15(7-11)23-9-12-3-2-6-22-12)20-17(21)14-10-24-16(8-18)19-14/h4-5,7,10,12H,2-3,6,8-9,18H2,1H3,(H,20,21). The zero-order chi connectivity index (χ0) is 16.9. The second kappa shape index (κ2) is 7.74. The lowest BCUT2D eigenvalue weighted by molar-refractivity contribution is 0.0681. The van der Waals surface area contributed by atoms with Gasteiger partial charge in [0.25, 0.3) is 5.91 Å². The van der Waals surface area contributed by atoms with Crippen LogP contribution >= 0.6 is 11.3 Å². The second-order valence-electron chi connectivity index (χ2n) is 5.73. The first-order valence-corrected chi connectivity index (χ1v) is 8.84. The number of nitrogens with two attached hydrogens (primary N) is 1. The van der Waals surface area contributed by atoms with Gasteiger partial charge in [-0.1, -0.05) is 6.07 Å². The van der Waals surface area contributed by atoms with Gasteiger partial charge in [0.1, 0.15) is 23.1 Å². The number of carbonyl (C=O) groups is 1. The zero-order valence-electron chi connectivity index (χ0n) is 13.6. The van der Waals surface area contributed by atoms with Crippen LogP contribution in [0.3, 0.4) is 0 Å². The Morgan fingerprint density at radius 2 is 2.42 bits per heavy atom. The van der Waals surface area contributed by atoms with E-state index >= 15 is 0 Å². The number of carbonyl (C=O) groups excluding carboxylic acids is 1. The smallest absolute Gasteiger partial charge is 0.275 e. The second-order valence-corrected chi connectivity index (χ2v) is 6.67. The number of thiazole rings is 1. The van der Waals surface area contributed by atoms with Crippen LogP contribution in [-0.4, -0.2) is 30.2 Å². The topological polar surface area (TPSA) is 86.5 Å². The number of hydrogen-bond acceptors (Lipinski definition) is 6. The lowest BCUT2D eigenvalue weighted by atomic mass is 10.2. The number of hydrogen-bond donors (Lipinski definition) is 2. The molecule has 2 aromatic rings. The van der Waals surface area contributed by atoms with E-state index in [1.54, 1.807) is 5.38 Å². The quantitative estimate of drug-likeness (QED) is 0.839. The van der Waals surface area contributed by atoms with Crippen LogP contribution in [0.15, 0.2) is 23.6 Å². The van der Waals surface area contributed by atoms with Crippen LogP contribution in [0.1, 0.15) is 33.9 Å². The number of benzene rings is 1. The lowest BCUT2D eigenvalue weighted by Crippen LogP contribution is -2.18. The van der Waals surface area contributed by atoms with Crippen LogP contribution in [0, 0.1) is 6.92 Å². The van der Waals surface area contributed by atoms with E-state index in [0.29, 0.717) is 30.3 Å². The molecule has 1 unspecified atom stereocenters. The van der Waals surface area contributed by atoms with Crippen LogP contribution in [-0.2, 0) is 11.3 Å². The summed E-state index contributed by atoms with van der Waals surface area (Å²) < 4.78 is 11.5. The third-order valence-corrected chi connectivity index (χ3v) is 4.66. The molecule has 0 bridgehead atoms. The zero-order valence-corrected chi connectivity index (χ0v) is 14.4. The maximum absolute atomic E-state index is 12.4. The third kappa shape index (κ3) is 4.11. The summed E-state index contributed by atoms with van der Waals surface area (Å²) in [6.45, 7) is 3.59. The summed E-state index contributed by atoms with van der Waals surface area (Å²) in [5.41, 5.74) is 7.60. The van der Waals surface area contributed by atoms with E-state index < -0.39 is 0 Å². The Hall–Kier alpha value is -1.96. The van der Waals surface area contributed by atoms with Gasteiger partial charge in [-0.2, -0.15) is 0 Å². The van der Waals surface area contributed by atoms with Gasteiger partial charge in [-0.25, -0.2) is 4.98 Å². The van der Waals surface area contributed by atoms with Gasteiger partial charge in [0.15, 0.2) is 0 Å². The van der Waals surface area contributed by atoms with Gasteiger partial charge in [0.2, 0.25) is 0 Å². The highest BCUT2D eigenvalue weighted by Crippen LogP contribution is 2.27. The van der Waals surface area contributed by atoms with E-state index in [9.17, 15) is 4.79 Å². The summed E-state index contributed by atoms with van der Waals surface area (Å²) in [6, 6.07) is 5.69. The highest BCUT2D eigenvalue weighted by molar-refractivity contribution is 7.09. The average Bonchev–Trinajstić information content (AvgIpc) is 3.26. The van der Waals surface area contributed by atoms with Crippen LogP contribution in [0.5, 0.6) is 5.75 Å². The Balaban J connectivity index is 1.70. The molecular formula is C17H21N3O3S. The van der Waals surface area contributed by atoms with E-state index in [4.69, 9.17) is 15.2 Å². The number of nitrogens with one attached hydrogen (secondary N) is 1. The molecule has 1 aromatic heterocycles. The molecule has 128 valence electrons. The molecule has 1 amide bonds. The van der Waals surface area contributed by atoms with Crippen LogP contribution in [0.25, 0.3) is 0 Å². The summed E-state index contributed by atoms with van der Waals surface area (Å²) in [7, 11) is 0. The first-order valence-electron chi connectivity index (χ1n) is 7.96. The van der Waals surface area contributed by atoms with Gasteiger partial charge in [0.05, 0.1) is 11.8 Å². The fraction of sp³-hybridized carbons (Fsp3) is 0.412. The number of anilines is 1. The summed E-state index contributed by atoms with van der Waals surface area (Å²) in [6.07, 6.45) is 2.20. The molecule has 7 heteroatoms. The molecule has 1 aliphatic rings. The number of rotatable bonds is 6. The molecule has 3 rings (SSSR count). The Bertz CT molecular complexity index is 711. The van der Waals surface area contributed by atoms with E-state index in [1.165, 1.54) is 11.3 Å². The average molecular weight is 347 g/mol. The molecule has 2 heterocycles. The maximum atomic E-state index is 12.4. The van der Waals surface area contributed by atoms with Gasteiger partial charge < -0.3 is 20.5 Å². The molecule has 1 fully saturated rings. The first-order chi connectivity index (χ1) is 11.7. The third-order valence-electron chi connectivity index (χ3n) is 3.79. The summed E-state index contributed by atoms with van der Waals surface area (Å²) in [5.74, 6) is 0.380. The van der Waals surface area contributed by atoms with Crippen molar-refractivity contribution in [3.63, 3.8) is 0 Å². The SMILES string of the molecule is Cc1ccc(NC(=O)c2csc(CN)n2)c(OCC2CCCO2)c1. The van der Waals surface area contributed by atoms with E-state index in [2.05, 4.69) is 10.3 Å². The Morgan fingerprint density at radius 3 is 3.12 bits per heavy atom. The molecule has 6 nitrogen and oxygen atoms in total. The largest absolute Gasteiger partial charge is 0.489 e. The van der Waals surface area contributed by atoms with Crippen molar-refractivity contribution >= 4 is 22.9 Å². The molecule has 0 aliphatic carbocycles. The Morgan fingerprint density at radius 1 is 1.54 bits per heavy atom. The van der Waals surface area contributed by atoms with Crippen molar-refractivity contribution in [1.82, 2.24) is 4.98 Å². The number of amides is 1. The molecule has 3 N–H and O–H groups in total. The van der Waals surface area contributed by atoms with Crippen molar-refractivity contribution in [1.29, 1.82) is 0 Å². The van der Waals surface area contributed by atoms with Crippen molar-refractivity contribution in [3.05, 3.63) is 39.8 Å². The van der Waals surface area contributed by atoms with E-state index in [1.807, 2.05) is 25.1 Å². The Labute approximate surface area is 145 Å². The molecule has 24 heavy (non-hydrogen) atoms. The lowest BCUT2D eigenvalue weighted by Gasteiger charge is -2.15. The van der Waals surface area contributed by atoms with Crippen molar-refractivity contribution < 1.29 is 14.3 Å². The van der Waals surface area contributed by atoms with E-state index in [0.717, 1.165) is 30.0 Å². The molecule has 1 aliphatic heterocycles. The van der Waals surface area contributed by atoms with Crippen molar-refractivity contribution in [2.75, 3.05) is 18.5 Å². The Kier molecular flexibility index (Phi) is 5.44. The molecule has 0 radical (unpaired) electrons. The minimum Gasteiger partial charge on any atom is -0.489 e. The molecule has 0 spiro atoms. The molecule has 0 saturated carbocycles. The van der Waals surface area contributed by atoms with Gasteiger partial charge >= 0.3 is 0 Å².